The summed E-state index contributed by atoms with van der Waals surface area (Å²) in [7, 11) is 1.53. The number of benzene rings is 2. The molecule has 3 aliphatic carbocycles. The normalized spacial score (nSPS) is 25.5. The molecule has 2 aromatic heterocycles. The number of fused-ring (bicyclic) bond motifs is 3. The minimum Gasteiger partial charge on any atom is -0.508 e. The van der Waals surface area contributed by atoms with Crippen LogP contribution in [0, 0.1) is 28.5 Å². The highest BCUT2D eigenvalue weighted by Gasteiger charge is 2.46. The summed E-state index contributed by atoms with van der Waals surface area (Å²) in [5.41, 5.74) is 7.30. The molecule has 7 heterocycles. The van der Waals surface area contributed by atoms with Crippen LogP contribution in [0.15, 0.2) is 36.5 Å². The number of aromatic nitrogens is 3. The van der Waals surface area contributed by atoms with Crippen molar-refractivity contribution in [3.8, 4) is 28.8 Å². The monoisotopic (exact) mass is 1000 g/mol. The number of hydrogen-bond acceptors (Lipinski definition) is 13. The van der Waals surface area contributed by atoms with E-state index in [0.29, 0.717) is 57.1 Å². The Balaban J connectivity index is 0.640. The Bertz CT molecular complexity index is 2750. The van der Waals surface area contributed by atoms with Crippen LogP contribution in [0.25, 0.3) is 22.2 Å². The number of likely N-dealkylation sites (tertiary alicyclic amines) is 1. The van der Waals surface area contributed by atoms with E-state index in [9.17, 15) is 19.5 Å². The van der Waals surface area contributed by atoms with Gasteiger partial charge in [0.15, 0.2) is 5.82 Å². The second kappa shape index (κ2) is 19.3. The van der Waals surface area contributed by atoms with Gasteiger partial charge in [-0.1, -0.05) is 11.6 Å². The number of amides is 4. The molecule has 5 saturated heterocycles. The van der Waals surface area contributed by atoms with Crippen molar-refractivity contribution in [1.82, 2.24) is 45.4 Å². The highest BCUT2D eigenvalue weighted by molar-refractivity contribution is 6.32. The number of nitrogens with one attached hydrogen (secondary N) is 2. The summed E-state index contributed by atoms with van der Waals surface area (Å²) in [6.07, 6.45) is 14.8. The number of hydrogen-bond donors (Lipinski definition) is 3. The second-order valence-corrected chi connectivity index (χ2v) is 22.9. The topological polar surface area (TPSA) is 169 Å². The number of urea groups is 1. The number of methoxy groups -OCH3 is 1. The van der Waals surface area contributed by atoms with E-state index in [-0.39, 0.29) is 70.5 Å². The molecule has 2 aromatic carbocycles. The number of pyridine rings is 1. The maximum atomic E-state index is 17.0. The van der Waals surface area contributed by atoms with Crippen molar-refractivity contribution in [3.63, 3.8) is 0 Å². The van der Waals surface area contributed by atoms with Crippen molar-refractivity contribution < 1.29 is 33.4 Å². The fraction of sp³-hybridized carbons (Fsp3) is 0.593. The highest BCUT2D eigenvalue weighted by atomic mass is 35.5. The van der Waals surface area contributed by atoms with Gasteiger partial charge >= 0.3 is 12.0 Å². The lowest BCUT2D eigenvalue weighted by Crippen LogP contribution is -2.50. The zero-order valence-corrected chi connectivity index (χ0v) is 42.0. The molecular weight excluding hydrogens is 939 g/mol. The number of carbonyl (C=O) groups excluding carboxylic acids is 3. The molecule has 382 valence electrons. The Hall–Kier alpha value is -5.20. The van der Waals surface area contributed by atoms with Gasteiger partial charge in [-0.3, -0.25) is 24.8 Å². The van der Waals surface area contributed by atoms with Crippen molar-refractivity contribution in [2.45, 2.75) is 95.4 Å². The van der Waals surface area contributed by atoms with E-state index >= 15 is 4.39 Å². The molecule has 4 aromatic rings. The molecule has 5 aliphatic heterocycles. The highest BCUT2D eigenvalue weighted by Crippen LogP contribution is 2.51. The molecule has 18 heteroatoms. The lowest BCUT2D eigenvalue weighted by Gasteiger charge is -2.47. The largest absolute Gasteiger partial charge is 0.508 e. The fourth-order valence-corrected chi connectivity index (χ4v) is 13.3. The molecule has 72 heavy (non-hydrogen) atoms. The van der Waals surface area contributed by atoms with Crippen LogP contribution < -0.4 is 25.1 Å². The molecule has 16 nitrogen and oxygen atoms in total. The fourth-order valence-electron chi connectivity index (χ4n) is 13.0. The van der Waals surface area contributed by atoms with E-state index in [1.54, 1.807) is 30.5 Å². The van der Waals surface area contributed by atoms with Crippen LogP contribution in [0.3, 0.4) is 0 Å². The van der Waals surface area contributed by atoms with Gasteiger partial charge in [0.2, 0.25) is 5.91 Å². The SMILES string of the molecule is COc1ccc(C(=O)N2CCC3(CCC(CN4CCN(CC5(COc6nc(C7CC8CCN(C8)N7)c7cnc(-c8cc(O)cc(Cl)c8C8CC8)c(F)c7n6)CC5)CC4)CC3)CC2)cc1N1CCC(=O)NC1=O. The van der Waals surface area contributed by atoms with Crippen LogP contribution in [0.5, 0.6) is 17.5 Å². The zero-order chi connectivity index (χ0) is 49.3. The first-order valence-corrected chi connectivity index (χ1v) is 26.8. The smallest absolute Gasteiger partial charge is 0.328 e. The van der Waals surface area contributed by atoms with Crippen molar-refractivity contribution in [1.29, 1.82) is 0 Å². The molecular formula is C54H66ClFN10O6. The maximum absolute atomic E-state index is 17.0. The van der Waals surface area contributed by atoms with Gasteiger partial charge in [0.05, 0.1) is 31.1 Å². The van der Waals surface area contributed by atoms with E-state index in [1.807, 2.05) is 4.90 Å². The van der Waals surface area contributed by atoms with Gasteiger partial charge in [-0.2, -0.15) is 9.97 Å². The van der Waals surface area contributed by atoms with E-state index in [0.717, 1.165) is 122 Å². The standard InChI is InChI=1S/C54H66ClFN10O6/c1-71-43-5-4-36(25-42(43)66-17-9-44(68)58-52(66)70)50(69)64-18-14-53(15-19-64)10-6-33(7-11-53)29-62-20-22-63(23-21-62)31-54(12-13-54)32-72-51-59-47(41-24-34-8-16-65(30-34)61-41)39-28-57-48(46(56)49(39)60-51)38-26-37(67)27-40(55)45(38)35-2-3-35/h4-5,25-28,33-35,41,61,67H,2-3,6-24,29-32H2,1H3,(H,58,68,70). The third kappa shape index (κ3) is 9.60. The zero-order valence-electron chi connectivity index (χ0n) is 41.3. The van der Waals surface area contributed by atoms with Gasteiger partial charge in [0.1, 0.15) is 22.7 Å². The molecule has 3 saturated carbocycles. The lowest BCUT2D eigenvalue weighted by atomic mass is 9.65. The average molecular weight is 1010 g/mol. The van der Waals surface area contributed by atoms with E-state index in [2.05, 4.69) is 30.5 Å². The number of anilines is 1. The first-order chi connectivity index (χ1) is 34.9. The third-order valence-electron chi connectivity index (χ3n) is 17.6. The average Bonchev–Trinajstić information content (AvgIpc) is 4.33. The van der Waals surface area contributed by atoms with Crippen LogP contribution in [0.4, 0.5) is 14.9 Å². The molecule has 4 amide bonds. The third-order valence-corrected chi connectivity index (χ3v) is 17.9. The summed E-state index contributed by atoms with van der Waals surface area (Å²) in [4.78, 5) is 61.4. The number of piperazine rings is 1. The number of carbonyl (C=O) groups is 3. The Morgan fingerprint density at radius 2 is 1.69 bits per heavy atom. The molecule has 3 N–H and O–H groups in total. The molecule has 1 spiro atoms. The molecule has 8 fully saturated rings. The lowest BCUT2D eigenvalue weighted by molar-refractivity contribution is -0.120. The van der Waals surface area contributed by atoms with E-state index in [1.165, 1.54) is 43.8 Å². The molecule has 12 rings (SSSR count). The number of imide groups is 1. The number of aromatic hydroxyl groups is 1. The van der Waals surface area contributed by atoms with Gasteiger partial charge < -0.3 is 29.3 Å². The van der Waals surface area contributed by atoms with Crippen molar-refractivity contribution in [3.05, 3.63) is 64.2 Å². The Labute approximate surface area is 424 Å². The van der Waals surface area contributed by atoms with Crippen LogP contribution in [-0.2, 0) is 4.79 Å². The first kappa shape index (κ1) is 47.8. The molecule has 2 bridgehead atoms. The van der Waals surface area contributed by atoms with Gasteiger partial charge in [0, 0.05) is 112 Å². The number of hydrazine groups is 1. The van der Waals surface area contributed by atoms with Gasteiger partial charge in [0.25, 0.3) is 5.91 Å². The number of piperidine rings is 1. The predicted octanol–water partition coefficient (Wildman–Crippen LogP) is 7.68. The van der Waals surface area contributed by atoms with Gasteiger partial charge in [-0.05, 0) is 136 Å². The number of phenolic OH excluding ortho intramolecular Hbond substituents is 1. The van der Waals surface area contributed by atoms with E-state index < -0.39 is 11.8 Å². The summed E-state index contributed by atoms with van der Waals surface area (Å²) >= 11 is 6.66. The maximum Gasteiger partial charge on any atom is 0.328 e. The summed E-state index contributed by atoms with van der Waals surface area (Å²) in [5.74, 6) is 0.984. The summed E-state index contributed by atoms with van der Waals surface area (Å²) in [5, 5.41) is 16.2. The van der Waals surface area contributed by atoms with Crippen LogP contribution in [0.2, 0.25) is 5.02 Å². The summed E-state index contributed by atoms with van der Waals surface area (Å²) in [6, 6.07) is 7.88. The van der Waals surface area contributed by atoms with Gasteiger partial charge in [-0.25, -0.2) is 19.6 Å². The van der Waals surface area contributed by atoms with Crippen molar-refractivity contribution >= 4 is 46.0 Å². The molecule has 8 aliphatic rings. The summed E-state index contributed by atoms with van der Waals surface area (Å²) < 4.78 is 29.1. The van der Waals surface area contributed by atoms with Crippen LogP contribution >= 0.6 is 11.6 Å². The van der Waals surface area contributed by atoms with E-state index in [4.69, 9.17) is 31.0 Å². The Kier molecular flexibility index (Phi) is 12.8. The number of rotatable bonds is 13. The quantitative estimate of drug-likeness (QED) is 0.119. The minimum atomic E-state index is -0.556. The van der Waals surface area contributed by atoms with Gasteiger partial charge in [-0.15, -0.1) is 0 Å². The predicted molar refractivity (Wildman–Crippen MR) is 270 cm³/mol. The summed E-state index contributed by atoms with van der Waals surface area (Å²) in [6.45, 7) is 10.4. The van der Waals surface area contributed by atoms with Crippen LogP contribution in [-0.4, -0.2) is 143 Å². The molecule has 0 radical (unpaired) electrons. The number of halogens is 2. The molecule has 3 atom stereocenters. The second-order valence-electron chi connectivity index (χ2n) is 22.5. The van der Waals surface area contributed by atoms with Crippen molar-refractivity contribution in [2.75, 3.05) is 90.6 Å². The molecule has 3 unspecified atom stereocenters. The first-order valence-electron chi connectivity index (χ1n) is 26.5. The number of nitrogens with zero attached hydrogens (tertiary/aromatic N) is 8. The van der Waals surface area contributed by atoms with Crippen molar-refractivity contribution in [2.24, 2.45) is 22.7 Å². The Morgan fingerprint density at radius 1 is 0.917 bits per heavy atom. The van der Waals surface area contributed by atoms with Crippen LogP contribution in [0.1, 0.15) is 117 Å². The number of phenols is 1. The minimum absolute atomic E-state index is 0.0113. The number of ether oxygens (including phenoxy) is 2. The Morgan fingerprint density at radius 3 is 2.42 bits per heavy atom.